The molecule has 7 nitrogen and oxygen atoms in total. The molecular formula is C25H26ClN5O2. The van der Waals surface area contributed by atoms with Crippen molar-refractivity contribution in [2.75, 3.05) is 43.1 Å². The number of halogens is 1. The first-order valence-corrected chi connectivity index (χ1v) is 11.5. The summed E-state index contributed by atoms with van der Waals surface area (Å²) >= 11 is 6.09. The van der Waals surface area contributed by atoms with Crippen molar-refractivity contribution in [3.05, 3.63) is 75.2 Å². The number of fused-ring (bicyclic) bond motifs is 1. The molecule has 0 saturated carbocycles. The van der Waals surface area contributed by atoms with Gasteiger partial charge in [0.1, 0.15) is 11.4 Å². The highest BCUT2D eigenvalue weighted by atomic mass is 35.5. The molecular weight excluding hydrogens is 438 g/mol. The molecule has 170 valence electrons. The maximum absolute atomic E-state index is 12.8. The normalized spacial score (nSPS) is 14.1. The number of benzene rings is 2. The van der Waals surface area contributed by atoms with E-state index in [4.69, 9.17) is 21.3 Å². The molecule has 0 radical (unpaired) electrons. The number of aromatic amines is 2. The van der Waals surface area contributed by atoms with Crippen molar-refractivity contribution in [2.45, 2.75) is 13.3 Å². The number of nitrogens with one attached hydrogen (secondary N) is 3. The van der Waals surface area contributed by atoms with Crippen molar-refractivity contribution >= 4 is 34.0 Å². The Morgan fingerprint density at radius 1 is 1.18 bits per heavy atom. The number of morpholine rings is 1. The van der Waals surface area contributed by atoms with Crippen LogP contribution in [0.1, 0.15) is 11.1 Å². The number of hydrogen-bond donors (Lipinski definition) is 3. The van der Waals surface area contributed by atoms with Gasteiger partial charge in [-0.3, -0.25) is 4.79 Å². The standard InChI is InChI=1S/C25H26ClN5O2/c1-16-13-19(31-9-11-33-12-10-31)15-21-23(16)30-24(29-21)22-20(6-8-28-25(22)32)27-7-5-17-3-2-4-18(26)14-17/h2-4,6,8,13-15H,5,7,9-12H2,1H3,(H,29,30)(H2,27,28,32). The number of aryl methyl sites for hydroxylation is 1. The molecule has 5 rings (SSSR count). The highest BCUT2D eigenvalue weighted by Crippen LogP contribution is 2.29. The van der Waals surface area contributed by atoms with Crippen LogP contribution in [0.15, 0.2) is 53.5 Å². The molecule has 2 aromatic heterocycles. The van der Waals surface area contributed by atoms with Gasteiger partial charge < -0.3 is 24.9 Å². The Bertz CT molecular complexity index is 1340. The fourth-order valence-corrected chi connectivity index (χ4v) is 4.50. The van der Waals surface area contributed by atoms with Gasteiger partial charge in [-0.1, -0.05) is 23.7 Å². The summed E-state index contributed by atoms with van der Waals surface area (Å²) < 4.78 is 5.48. The third-order valence-electron chi connectivity index (χ3n) is 5.95. The Kier molecular flexibility index (Phi) is 6.07. The minimum absolute atomic E-state index is 0.187. The Hall–Kier alpha value is -3.29. The van der Waals surface area contributed by atoms with Crippen molar-refractivity contribution in [1.82, 2.24) is 15.0 Å². The fraction of sp³-hybridized carbons (Fsp3) is 0.280. The van der Waals surface area contributed by atoms with Gasteiger partial charge in [0.2, 0.25) is 0 Å². The van der Waals surface area contributed by atoms with Gasteiger partial charge in [-0.25, -0.2) is 4.98 Å². The molecule has 0 spiro atoms. The smallest absolute Gasteiger partial charge is 0.261 e. The SMILES string of the molecule is Cc1cc(N2CCOCC2)cc2[nH]c(-c3c(NCCc4cccc(Cl)c4)cc[nH]c3=O)nc12. The first-order chi connectivity index (χ1) is 16.1. The summed E-state index contributed by atoms with van der Waals surface area (Å²) in [5.74, 6) is 0.555. The minimum atomic E-state index is -0.187. The van der Waals surface area contributed by atoms with Crippen LogP contribution in [-0.2, 0) is 11.2 Å². The van der Waals surface area contributed by atoms with Gasteiger partial charge in [0.25, 0.3) is 5.56 Å². The van der Waals surface area contributed by atoms with Crippen LogP contribution in [0, 0.1) is 6.92 Å². The molecule has 1 aliphatic rings. The molecule has 33 heavy (non-hydrogen) atoms. The minimum Gasteiger partial charge on any atom is -0.384 e. The summed E-state index contributed by atoms with van der Waals surface area (Å²) in [5.41, 5.74) is 6.19. The lowest BCUT2D eigenvalue weighted by Crippen LogP contribution is -2.36. The molecule has 1 fully saturated rings. The van der Waals surface area contributed by atoms with E-state index in [-0.39, 0.29) is 5.56 Å². The summed E-state index contributed by atoms with van der Waals surface area (Å²) in [5, 5.41) is 4.12. The lowest BCUT2D eigenvalue weighted by Gasteiger charge is -2.29. The van der Waals surface area contributed by atoms with Crippen LogP contribution < -0.4 is 15.8 Å². The summed E-state index contributed by atoms with van der Waals surface area (Å²) in [4.78, 5) is 26.1. The maximum atomic E-state index is 12.8. The predicted octanol–water partition coefficient (Wildman–Crippen LogP) is 4.37. The van der Waals surface area contributed by atoms with Gasteiger partial charge >= 0.3 is 0 Å². The van der Waals surface area contributed by atoms with E-state index in [0.717, 1.165) is 71.3 Å². The van der Waals surface area contributed by atoms with Crippen molar-refractivity contribution < 1.29 is 4.74 Å². The zero-order valence-electron chi connectivity index (χ0n) is 18.5. The number of H-pyrrole nitrogens is 2. The predicted molar refractivity (Wildman–Crippen MR) is 134 cm³/mol. The van der Waals surface area contributed by atoms with Crippen LogP contribution in [0.5, 0.6) is 0 Å². The van der Waals surface area contributed by atoms with Gasteiger partial charge in [0, 0.05) is 36.5 Å². The van der Waals surface area contributed by atoms with Crippen molar-refractivity contribution in [3.63, 3.8) is 0 Å². The van der Waals surface area contributed by atoms with Crippen LogP contribution >= 0.6 is 11.6 Å². The first kappa shape index (κ1) is 21.6. The van der Waals surface area contributed by atoms with Crippen LogP contribution in [0.2, 0.25) is 5.02 Å². The number of anilines is 2. The van der Waals surface area contributed by atoms with Crippen LogP contribution in [0.4, 0.5) is 11.4 Å². The Balaban J connectivity index is 1.44. The molecule has 8 heteroatoms. The molecule has 1 aliphatic heterocycles. The molecule has 0 aliphatic carbocycles. The molecule has 1 saturated heterocycles. The fourth-order valence-electron chi connectivity index (χ4n) is 4.29. The van der Waals surface area contributed by atoms with Gasteiger partial charge in [-0.05, 0) is 54.8 Å². The molecule has 3 N–H and O–H groups in total. The van der Waals surface area contributed by atoms with E-state index in [9.17, 15) is 4.79 Å². The van der Waals surface area contributed by atoms with Crippen LogP contribution in [0.25, 0.3) is 22.4 Å². The largest absolute Gasteiger partial charge is 0.384 e. The third kappa shape index (κ3) is 4.60. The monoisotopic (exact) mass is 463 g/mol. The van der Waals surface area contributed by atoms with E-state index < -0.39 is 0 Å². The molecule has 0 atom stereocenters. The second-order valence-electron chi connectivity index (χ2n) is 8.25. The molecule has 3 heterocycles. The number of nitrogens with zero attached hydrogens (tertiary/aromatic N) is 2. The van der Waals surface area contributed by atoms with E-state index in [0.29, 0.717) is 17.9 Å². The lowest BCUT2D eigenvalue weighted by molar-refractivity contribution is 0.122. The Morgan fingerprint density at radius 2 is 2.03 bits per heavy atom. The maximum Gasteiger partial charge on any atom is 0.261 e. The number of rotatable bonds is 6. The number of imidazole rings is 1. The lowest BCUT2D eigenvalue weighted by atomic mass is 10.1. The Labute approximate surface area is 196 Å². The topological polar surface area (TPSA) is 86.0 Å². The zero-order chi connectivity index (χ0) is 22.8. The van der Waals surface area contributed by atoms with Crippen LogP contribution in [-0.4, -0.2) is 47.8 Å². The van der Waals surface area contributed by atoms with Gasteiger partial charge in [-0.2, -0.15) is 0 Å². The summed E-state index contributed by atoms with van der Waals surface area (Å²) in [6.07, 6.45) is 2.44. The number of ether oxygens (including phenoxy) is 1. The third-order valence-corrected chi connectivity index (χ3v) is 6.19. The van der Waals surface area contributed by atoms with E-state index in [1.54, 1.807) is 6.20 Å². The summed E-state index contributed by atoms with van der Waals surface area (Å²) in [6.45, 7) is 5.91. The van der Waals surface area contributed by atoms with E-state index in [1.807, 2.05) is 30.3 Å². The average Bonchev–Trinajstić information content (AvgIpc) is 3.24. The van der Waals surface area contributed by atoms with Crippen molar-refractivity contribution in [3.8, 4) is 11.4 Å². The highest BCUT2D eigenvalue weighted by molar-refractivity contribution is 6.30. The Morgan fingerprint density at radius 3 is 2.85 bits per heavy atom. The van der Waals surface area contributed by atoms with Gasteiger partial charge in [0.05, 0.1) is 29.9 Å². The average molecular weight is 464 g/mol. The summed E-state index contributed by atoms with van der Waals surface area (Å²) in [6, 6.07) is 13.9. The first-order valence-electron chi connectivity index (χ1n) is 11.1. The van der Waals surface area contributed by atoms with E-state index in [1.165, 1.54) is 0 Å². The summed E-state index contributed by atoms with van der Waals surface area (Å²) in [7, 11) is 0. The van der Waals surface area contributed by atoms with Crippen LogP contribution in [0.3, 0.4) is 0 Å². The number of pyridine rings is 1. The molecule has 4 aromatic rings. The second-order valence-corrected chi connectivity index (χ2v) is 8.68. The second kappa shape index (κ2) is 9.29. The quantitative estimate of drug-likeness (QED) is 0.395. The van der Waals surface area contributed by atoms with E-state index >= 15 is 0 Å². The van der Waals surface area contributed by atoms with Crippen molar-refractivity contribution in [1.29, 1.82) is 0 Å². The molecule has 0 unspecified atom stereocenters. The van der Waals surface area contributed by atoms with Crippen molar-refractivity contribution in [2.24, 2.45) is 0 Å². The van der Waals surface area contributed by atoms with E-state index in [2.05, 4.69) is 39.2 Å². The zero-order valence-corrected chi connectivity index (χ0v) is 19.2. The number of hydrogen-bond acceptors (Lipinski definition) is 5. The van der Waals surface area contributed by atoms with Gasteiger partial charge in [-0.15, -0.1) is 0 Å². The number of aromatic nitrogens is 3. The molecule has 2 aromatic carbocycles. The molecule has 0 amide bonds. The highest BCUT2D eigenvalue weighted by Gasteiger charge is 2.18. The van der Waals surface area contributed by atoms with Gasteiger partial charge in [0.15, 0.2) is 0 Å². The molecule has 0 bridgehead atoms.